The Morgan fingerprint density at radius 1 is 1.10 bits per heavy atom. The second-order valence-electron chi connectivity index (χ2n) is 9.88. The molecular formula is C31H30N2O6. The van der Waals surface area contributed by atoms with Gasteiger partial charge in [-0.05, 0) is 53.8 Å². The molecule has 1 N–H and O–H groups in total. The standard InChI is InChI=1S/C31H30N2O6/c1-19(2)12-14-38-24-11-10-22(16-25(24)37-3)28-27(29(34)26-15-21-8-4-5-9-23(21)39-26)30(35)31(36)33(28)18-20-7-6-13-32-17-20/h4-11,13,15-17,19,28,35H,12,14,18H2,1-3H3. The number of aliphatic hydroxyl groups excluding tert-OH is 1. The van der Waals surface area contributed by atoms with Gasteiger partial charge in [-0.15, -0.1) is 0 Å². The van der Waals surface area contributed by atoms with Crippen molar-refractivity contribution < 1.29 is 28.6 Å². The van der Waals surface area contributed by atoms with Gasteiger partial charge >= 0.3 is 0 Å². The Hall–Kier alpha value is -4.59. The Bertz CT molecular complexity index is 1510. The number of furan rings is 1. The summed E-state index contributed by atoms with van der Waals surface area (Å²) in [5, 5.41) is 11.8. The number of aliphatic hydroxyl groups is 1. The van der Waals surface area contributed by atoms with Crippen LogP contribution in [0.4, 0.5) is 0 Å². The Labute approximate surface area is 226 Å². The van der Waals surface area contributed by atoms with Crippen LogP contribution in [-0.2, 0) is 11.3 Å². The van der Waals surface area contributed by atoms with Crippen molar-refractivity contribution in [2.24, 2.45) is 5.92 Å². The molecule has 0 saturated carbocycles. The van der Waals surface area contributed by atoms with E-state index in [0.29, 0.717) is 35.2 Å². The van der Waals surface area contributed by atoms with Crippen molar-refractivity contribution in [1.82, 2.24) is 9.88 Å². The van der Waals surface area contributed by atoms with Crippen LogP contribution >= 0.6 is 0 Å². The molecule has 5 rings (SSSR count). The highest BCUT2D eigenvalue weighted by Gasteiger charge is 2.44. The number of hydrogen-bond acceptors (Lipinski definition) is 7. The highest BCUT2D eigenvalue weighted by Crippen LogP contribution is 2.43. The number of para-hydroxylation sites is 1. The summed E-state index contributed by atoms with van der Waals surface area (Å²) in [4.78, 5) is 32.8. The summed E-state index contributed by atoms with van der Waals surface area (Å²) in [6, 6.07) is 16.9. The van der Waals surface area contributed by atoms with Crippen LogP contribution < -0.4 is 9.47 Å². The maximum absolute atomic E-state index is 13.8. The van der Waals surface area contributed by atoms with Crippen molar-refractivity contribution >= 4 is 22.7 Å². The zero-order chi connectivity index (χ0) is 27.5. The van der Waals surface area contributed by atoms with Crippen LogP contribution in [0.25, 0.3) is 11.0 Å². The summed E-state index contributed by atoms with van der Waals surface area (Å²) in [6.07, 6.45) is 4.17. The summed E-state index contributed by atoms with van der Waals surface area (Å²) in [5.74, 6) is -0.271. The smallest absolute Gasteiger partial charge is 0.290 e. The second kappa shape index (κ2) is 11.0. The van der Waals surface area contributed by atoms with Gasteiger partial charge in [0.05, 0.1) is 25.3 Å². The average Bonchev–Trinajstić information content (AvgIpc) is 3.48. The number of methoxy groups -OCH3 is 1. The van der Waals surface area contributed by atoms with Gasteiger partial charge in [0.2, 0.25) is 5.78 Å². The van der Waals surface area contributed by atoms with Gasteiger partial charge in [-0.3, -0.25) is 14.6 Å². The first kappa shape index (κ1) is 26.0. The van der Waals surface area contributed by atoms with Crippen molar-refractivity contribution in [2.45, 2.75) is 32.9 Å². The van der Waals surface area contributed by atoms with Gasteiger partial charge in [0.1, 0.15) is 5.58 Å². The van der Waals surface area contributed by atoms with Gasteiger partial charge in [0, 0.05) is 24.3 Å². The topological polar surface area (TPSA) is 102 Å². The fraction of sp³-hybridized carbons (Fsp3) is 0.258. The van der Waals surface area contributed by atoms with Gasteiger partial charge in [0.25, 0.3) is 5.91 Å². The molecule has 1 aliphatic rings. The molecule has 1 unspecified atom stereocenters. The zero-order valence-electron chi connectivity index (χ0n) is 22.1. The predicted molar refractivity (Wildman–Crippen MR) is 146 cm³/mol. The van der Waals surface area contributed by atoms with Crippen LogP contribution in [0.3, 0.4) is 0 Å². The molecule has 0 bridgehead atoms. The molecule has 3 heterocycles. The van der Waals surface area contributed by atoms with Crippen LogP contribution in [0.2, 0.25) is 0 Å². The number of ether oxygens (including phenoxy) is 2. The van der Waals surface area contributed by atoms with Crippen molar-refractivity contribution in [3.05, 3.63) is 101 Å². The van der Waals surface area contributed by atoms with E-state index >= 15 is 0 Å². The molecule has 0 aliphatic carbocycles. The fourth-order valence-electron chi connectivity index (χ4n) is 4.69. The molecule has 8 nitrogen and oxygen atoms in total. The number of fused-ring (bicyclic) bond motifs is 1. The number of hydrogen-bond donors (Lipinski definition) is 1. The lowest BCUT2D eigenvalue weighted by molar-refractivity contribution is -0.130. The Kier molecular flexibility index (Phi) is 7.36. The van der Waals surface area contributed by atoms with Gasteiger partial charge in [-0.2, -0.15) is 0 Å². The highest BCUT2D eigenvalue weighted by molar-refractivity contribution is 6.16. The molecule has 0 spiro atoms. The molecule has 2 aromatic carbocycles. The van der Waals surface area contributed by atoms with E-state index in [4.69, 9.17) is 13.9 Å². The minimum absolute atomic E-state index is 0.0411. The molecule has 1 amide bonds. The first-order chi connectivity index (χ1) is 18.9. The molecule has 0 saturated heterocycles. The maximum atomic E-state index is 13.8. The first-order valence-electron chi connectivity index (χ1n) is 12.8. The number of carbonyl (C=O) groups excluding carboxylic acids is 2. The van der Waals surface area contributed by atoms with Crippen molar-refractivity contribution in [2.75, 3.05) is 13.7 Å². The fourth-order valence-corrected chi connectivity index (χ4v) is 4.69. The lowest BCUT2D eigenvalue weighted by Gasteiger charge is -2.27. The Morgan fingerprint density at radius 3 is 2.64 bits per heavy atom. The molecule has 1 aliphatic heterocycles. The molecule has 0 radical (unpaired) electrons. The van der Waals surface area contributed by atoms with Crippen LogP contribution in [0.15, 0.2) is 88.8 Å². The molecule has 8 heteroatoms. The SMILES string of the molecule is COc1cc(C2C(C(=O)c3cc4ccccc4o3)=C(O)C(=O)N2Cc2cccnc2)ccc1OCCC(C)C. The normalized spacial score (nSPS) is 15.4. The van der Waals surface area contributed by atoms with Gasteiger partial charge < -0.3 is 23.9 Å². The number of nitrogens with zero attached hydrogens (tertiary/aromatic N) is 2. The molecular weight excluding hydrogens is 496 g/mol. The number of Topliss-reactive ketones (excluding diaryl/α,β-unsaturated/α-hetero) is 1. The third kappa shape index (κ3) is 5.23. The van der Waals surface area contributed by atoms with E-state index in [-0.39, 0.29) is 17.9 Å². The van der Waals surface area contributed by atoms with Gasteiger partial charge in [-0.1, -0.05) is 44.2 Å². The predicted octanol–water partition coefficient (Wildman–Crippen LogP) is 6.04. The number of rotatable bonds is 10. The molecule has 1 atom stereocenters. The molecule has 0 fully saturated rings. The Morgan fingerprint density at radius 2 is 1.92 bits per heavy atom. The summed E-state index contributed by atoms with van der Waals surface area (Å²) >= 11 is 0. The van der Waals surface area contributed by atoms with E-state index in [0.717, 1.165) is 17.4 Å². The second-order valence-corrected chi connectivity index (χ2v) is 9.88. The molecule has 200 valence electrons. The quantitative estimate of drug-likeness (QED) is 0.251. The van der Waals surface area contributed by atoms with Crippen molar-refractivity contribution in [3.63, 3.8) is 0 Å². The van der Waals surface area contributed by atoms with Crippen LogP contribution in [0, 0.1) is 5.92 Å². The van der Waals surface area contributed by atoms with E-state index in [1.807, 2.05) is 24.3 Å². The third-order valence-corrected chi connectivity index (χ3v) is 6.73. The largest absolute Gasteiger partial charge is 0.503 e. The lowest BCUT2D eigenvalue weighted by Crippen LogP contribution is -2.30. The van der Waals surface area contributed by atoms with Gasteiger partial charge in [-0.25, -0.2) is 0 Å². The maximum Gasteiger partial charge on any atom is 0.290 e. The summed E-state index contributed by atoms with van der Waals surface area (Å²) < 4.78 is 17.4. The first-order valence-corrected chi connectivity index (χ1v) is 12.8. The highest BCUT2D eigenvalue weighted by atomic mass is 16.5. The zero-order valence-corrected chi connectivity index (χ0v) is 22.1. The number of pyridine rings is 1. The number of aromatic nitrogens is 1. The van der Waals surface area contributed by atoms with Crippen LogP contribution in [0.1, 0.15) is 48.0 Å². The monoisotopic (exact) mass is 526 g/mol. The van der Waals surface area contributed by atoms with E-state index in [9.17, 15) is 14.7 Å². The number of benzene rings is 2. The van der Waals surface area contributed by atoms with Crippen LogP contribution in [0.5, 0.6) is 11.5 Å². The third-order valence-electron chi connectivity index (χ3n) is 6.73. The van der Waals surface area contributed by atoms with E-state index in [2.05, 4.69) is 18.8 Å². The number of amides is 1. The number of ketones is 1. The summed E-state index contributed by atoms with van der Waals surface area (Å²) in [5.41, 5.74) is 1.82. The lowest BCUT2D eigenvalue weighted by atomic mass is 9.94. The Balaban J connectivity index is 1.56. The van der Waals surface area contributed by atoms with E-state index < -0.39 is 23.5 Å². The summed E-state index contributed by atoms with van der Waals surface area (Å²) in [6.45, 7) is 4.90. The number of carbonyl (C=O) groups is 2. The van der Waals surface area contributed by atoms with E-state index in [1.54, 1.807) is 48.8 Å². The molecule has 39 heavy (non-hydrogen) atoms. The van der Waals surface area contributed by atoms with Crippen molar-refractivity contribution in [1.29, 1.82) is 0 Å². The average molecular weight is 527 g/mol. The minimum Gasteiger partial charge on any atom is -0.503 e. The minimum atomic E-state index is -0.892. The van der Waals surface area contributed by atoms with Gasteiger partial charge in [0.15, 0.2) is 23.0 Å². The van der Waals surface area contributed by atoms with Crippen molar-refractivity contribution in [3.8, 4) is 11.5 Å². The van der Waals surface area contributed by atoms with Crippen LogP contribution in [-0.4, -0.2) is 40.4 Å². The molecule has 2 aromatic heterocycles. The molecule has 4 aromatic rings. The van der Waals surface area contributed by atoms with E-state index in [1.165, 1.54) is 12.0 Å². The summed E-state index contributed by atoms with van der Waals surface area (Å²) in [7, 11) is 1.54.